The highest BCUT2D eigenvalue weighted by atomic mass is 16.2. The maximum absolute atomic E-state index is 12.6. The van der Waals surface area contributed by atoms with Gasteiger partial charge in [-0.15, -0.1) is 0 Å². The summed E-state index contributed by atoms with van der Waals surface area (Å²) in [6.07, 6.45) is 4.05. The van der Waals surface area contributed by atoms with Crippen LogP contribution in [-0.4, -0.2) is 27.9 Å². The van der Waals surface area contributed by atoms with Crippen molar-refractivity contribution in [3.05, 3.63) is 48.0 Å². The standard InChI is InChI=1S/C19H24N4O2/c1-13(2)14-4-6-15(7-5-14)23-10-8-16(19(23)25)18(24)21-12-17-20-9-11-22(17)3/h4-7,9,11,13,16H,8,10,12H2,1-3H3,(H,21,24)/t16-/m1/s1. The van der Waals surface area contributed by atoms with Crippen molar-refractivity contribution in [2.45, 2.75) is 32.7 Å². The van der Waals surface area contributed by atoms with Gasteiger partial charge in [-0.2, -0.15) is 0 Å². The predicted octanol–water partition coefficient (Wildman–Crippen LogP) is 2.21. The number of hydrogen-bond donors (Lipinski definition) is 1. The molecule has 1 fully saturated rings. The van der Waals surface area contributed by atoms with Gasteiger partial charge in [0.2, 0.25) is 11.8 Å². The van der Waals surface area contributed by atoms with Crippen LogP contribution in [-0.2, 0) is 23.2 Å². The number of carbonyl (C=O) groups is 2. The maximum Gasteiger partial charge on any atom is 0.239 e. The van der Waals surface area contributed by atoms with Crippen LogP contribution in [0.3, 0.4) is 0 Å². The third-order valence-electron chi connectivity index (χ3n) is 4.74. The Morgan fingerprint density at radius 3 is 2.64 bits per heavy atom. The maximum atomic E-state index is 12.6. The van der Waals surface area contributed by atoms with Crippen LogP contribution in [0.15, 0.2) is 36.7 Å². The van der Waals surface area contributed by atoms with E-state index in [0.29, 0.717) is 25.4 Å². The number of imidazole rings is 1. The quantitative estimate of drug-likeness (QED) is 0.849. The van der Waals surface area contributed by atoms with E-state index >= 15 is 0 Å². The van der Waals surface area contributed by atoms with Gasteiger partial charge in [0.1, 0.15) is 11.7 Å². The van der Waals surface area contributed by atoms with E-state index < -0.39 is 5.92 Å². The number of amides is 2. The fourth-order valence-corrected chi connectivity index (χ4v) is 3.07. The first-order valence-corrected chi connectivity index (χ1v) is 8.62. The number of carbonyl (C=O) groups excluding carboxylic acids is 2. The van der Waals surface area contributed by atoms with E-state index in [-0.39, 0.29) is 11.8 Å². The zero-order chi connectivity index (χ0) is 18.0. The monoisotopic (exact) mass is 340 g/mol. The number of hydrogen-bond acceptors (Lipinski definition) is 3. The highest BCUT2D eigenvalue weighted by molar-refractivity contribution is 6.09. The molecule has 25 heavy (non-hydrogen) atoms. The lowest BCUT2D eigenvalue weighted by Gasteiger charge is -2.18. The number of aromatic nitrogens is 2. The second kappa shape index (κ2) is 7.09. The van der Waals surface area contributed by atoms with Crippen molar-refractivity contribution in [2.24, 2.45) is 13.0 Å². The third-order valence-corrected chi connectivity index (χ3v) is 4.74. The molecule has 2 amide bonds. The summed E-state index contributed by atoms with van der Waals surface area (Å²) in [4.78, 5) is 30.9. The second-order valence-corrected chi connectivity index (χ2v) is 6.75. The van der Waals surface area contributed by atoms with E-state index in [1.165, 1.54) is 5.56 Å². The van der Waals surface area contributed by atoms with Crippen LogP contribution in [0.25, 0.3) is 0 Å². The molecule has 0 aliphatic carbocycles. The molecule has 1 saturated heterocycles. The lowest BCUT2D eigenvalue weighted by atomic mass is 10.0. The zero-order valence-corrected chi connectivity index (χ0v) is 14.9. The molecule has 6 nitrogen and oxygen atoms in total. The zero-order valence-electron chi connectivity index (χ0n) is 14.9. The number of nitrogens with zero attached hydrogens (tertiary/aromatic N) is 3. The lowest BCUT2D eigenvalue weighted by molar-refractivity contribution is -0.132. The van der Waals surface area contributed by atoms with Crippen molar-refractivity contribution in [3.63, 3.8) is 0 Å². The summed E-state index contributed by atoms with van der Waals surface area (Å²) < 4.78 is 1.85. The van der Waals surface area contributed by atoms with Crippen molar-refractivity contribution in [1.82, 2.24) is 14.9 Å². The molecule has 0 unspecified atom stereocenters. The summed E-state index contributed by atoms with van der Waals surface area (Å²) in [5.74, 6) is 0.238. The molecule has 1 aliphatic rings. The molecule has 132 valence electrons. The van der Waals surface area contributed by atoms with Crippen molar-refractivity contribution in [1.29, 1.82) is 0 Å². The fraction of sp³-hybridized carbons (Fsp3) is 0.421. The largest absolute Gasteiger partial charge is 0.348 e. The average molecular weight is 340 g/mol. The van der Waals surface area contributed by atoms with E-state index in [0.717, 1.165) is 11.5 Å². The molecule has 1 N–H and O–H groups in total. The molecule has 1 aromatic heterocycles. The van der Waals surface area contributed by atoms with E-state index in [9.17, 15) is 9.59 Å². The van der Waals surface area contributed by atoms with Gasteiger partial charge in [0, 0.05) is 31.7 Å². The first-order chi connectivity index (χ1) is 12.0. The van der Waals surface area contributed by atoms with Crippen LogP contribution < -0.4 is 10.2 Å². The molecule has 1 aliphatic heterocycles. The summed E-state index contributed by atoms with van der Waals surface area (Å²) in [5.41, 5.74) is 2.09. The topological polar surface area (TPSA) is 67.2 Å². The molecular formula is C19H24N4O2. The molecular weight excluding hydrogens is 316 g/mol. The molecule has 1 atom stereocenters. The van der Waals surface area contributed by atoms with Crippen LogP contribution in [0.2, 0.25) is 0 Å². The summed E-state index contributed by atoms with van der Waals surface area (Å²) in [6, 6.07) is 8.01. The smallest absolute Gasteiger partial charge is 0.239 e. The second-order valence-electron chi connectivity index (χ2n) is 6.75. The normalized spacial score (nSPS) is 17.4. The minimum atomic E-state index is -0.620. The Bertz CT molecular complexity index is 764. The highest BCUT2D eigenvalue weighted by Crippen LogP contribution is 2.27. The number of anilines is 1. The van der Waals surface area contributed by atoms with Gasteiger partial charge in [0.05, 0.1) is 6.54 Å². The molecule has 2 heterocycles. The number of aryl methyl sites for hydroxylation is 1. The van der Waals surface area contributed by atoms with Crippen LogP contribution in [0, 0.1) is 5.92 Å². The van der Waals surface area contributed by atoms with Crippen molar-refractivity contribution in [2.75, 3.05) is 11.4 Å². The molecule has 6 heteroatoms. The third kappa shape index (κ3) is 3.57. The van der Waals surface area contributed by atoms with Gasteiger partial charge in [0.25, 0.3) is 0 Å². The van der Waals surface area contributed by atoms with Gasteiger partial charge in [-0.05, 0) is 30.0 Å². The lowest BCUT2D eigenvalue weighted by Crippen LogP contribution is -2.37. The molecule has 0 bridgehead atoms. The Hall–Kier alpha value is -2.63. The molecule has 0 spiro atoms. The van der Waals surface area contributed by atoms with Crippen LogP contribution in [0.4, 0.5) is 5.69 Å². The summed E-state index contributed by atoms with van der Waals surface area (Å²) >= 11 is 0. The molecule has 3 rings (SSSR count). The van der Waals surface area contributed by atoms with Gasteiger partial charge in [0.15, 0.2) is 0 Å². The molecule has 2 aromatic rings. The number of benzene rings is 1. The SMILES string of the molecule is CC(C)c1ccc(N2CC[C@H](C(=O)NCc3nccn3C)C2=O)cc1. The molecule has 0 saturated carbocycles. The van der Waals surface area contributed by atoms with E-state index in [1.807, 2.05) is 42.1 Å². The fourth-order valence-electron chi connectivity index (χ4n) is 3.07. The number of rotatable bonds is 5. The first kappa shape index (κ1) is 17.2. The Balaban J connectivity index is 1.62. The highest BCUT2D eigenvalue weighted by Gasteiger charge is 2.37. The first-order valence-electron chi connectivity index (χ1n) is 8.62. The summed E-state index contributed by atoms with van der Waals surface area (Å²) in [6.45, 7) is 5.17. The van der Waals surface area contributed by atoms with Crippen molar-refractivity contribution < 1.29 is 9.59 Å². The van der Waals surface area contributed by atoms with Gasteiger partial charge < -0.3 is 14.8 Å². The Morgan fingerprint density at radius 2 is 2.04 bits per heavy atom. The van der Waals surface area contributed by atoms with Crippen LogP contribution in [0.5, 0.6) is 0 Å². The van der Waals surface area contributed by atoms with Crippen molar-refractivity contribution >= 4 is 17.5 Å². The Morgan fingerprint density at radius 1 is 1.32 bits per heavy atom. The van der Waals surface area contributed by atoms with Crippen molar-refractivity contribution in [3.8, 4) is 0 Å². The average Bonchev–Trinajstić information content (AvgIpc) is 3.18. The van der Waals surface area contributed by atoms with E-state index in [4.69, 9.17) is 0 Å². The van der Waals surface area contributed by atoms with Gasteiger partial charge in [-0.3, -0.25) is 9.59 Å². The predicted molar refractivity (Wildman–Crippen MR) is 96.0 cm³/mol. The summed E-state index contributed by atoms with van der Waals surface area (Å²) in [7, 11) is 1.87. The van der Waals surface area contributed by atoms with Crippen LogP contribution >= 0.6 is 0 Å². The minimum absolute atomic E-state index is 0.130. The van der Waals surface area contributed by atoms with Gasteiger partial charge in [-0.1, -0.05) is 26.0 Å². The summed E-state index contributed by atoms with van der Waals surface area (Å²) in [5, 5.41) is 2.82. The number of nitrogens with one attached hydrogen (secondary N) is 1. The Labute approximate surface area is 147 Å². The minimum Gasteiger partial charge on any atom is -0.348 e. The van der Waals surface area contributed by atoms with E-state index in [1.54, 1.807) is 11.1 Å². The van der Waals surface area contributed by atoms with Crippen LogP contribution in [0.1, 0.15) is 37.6 Å². The molecule has 1 aromatic carbocycles. The van der Waals surface area contributed by atoms with Gasteiger partial charge >= 0.3 is 0 Å². The van der Waals surface area contributed by atoms with Gasteiger partial charge in [-0.25, -0.2) is 4.98 Å². The molecule has 0 radical (unpaired) electrons. The Kier molecular flexibility index (Phi) is 4.88. The van der Waals surface area contributed by atoms with E-state index in [2.05, 4.69) is 24.1 Å².